The number of nitrogens with zero attached hydrogens (tertiary/aromatic N) is 1. The third-order valence-electron chi connectivity index (χ3n) is 3.99. The molecule has 0 aliphatic carbocycles. The number of nitrogens with one attached hydrogen (secondary N) is 1. The summed E-state index contributed by atoms with van der Waals surface area (Å²) < 4.78 is 0. The van der Waals surface area contributed by atoms with Crippen molar-refractivity contribution in [1.29, 1.82) is 0 Å². The average Bonchev–Trinajstić information content (AvgIpc) is 2.43. The second-order valence-electron chi connectivity index (χ2n) is 5.67. The molecule has 1 fully saturated rings. The summed E-state index contributed by atoms with van der Waals surface area (Å²) in [5, 5.41) is 12.8. The number of aliphatic hydroxyl groups excluding tert-OH is 1. The molecule has 0 bridgehead atoms. The van der Waals surface area contributed by atoms with Crippen molar-refractivity contribution in [3.63, 3.8) is 0 Å². The predicted octanol–water partition coefficient (Wildman–Crippen LogP) is 1.89. The van der Waals surface area contributed by atoms with E-state index in [0.29, 0.717) is 19.0 Å². The number of likely N-dealkylation sites (tertiary alicyclic amines) is 1. The molecule has 2 atom stereocenters. The highest BCUT2D eigenvalue weighted by Gasteiger charge is 2.25. The van der Waals surface area contributed by atoms with Gasteiger partial charge in [-0.15, -0.1) is 0 Å². The Morgan fingerprint density at radius 2 is 2.30 bits per heavy atom. The quantitative estimate of drug-likeness (QED) is 0.883. The molecule has 2 rings (SSSR count). The van der Waals surface area contributed by atoms with Crippen LogP contribution in [-0.2, 0) is 11.2 Å². The smallest absolute Gasteiger partial charge is 0.238 e. The zero-order chi connectivity index (χ0) is 14.5. The van der Waals surface area contributed by atoms with E-state index in [1.807, 2.05) is 23.1 Å². The number of aliphatic hydroxyl groups is 1. The Hall–Kier alpha value is -1.39. The molecule has 1 aromatic carbocycles. The lowest BCUT2D eigenvalue weighted by Crippen LogP contribution is -2.45. The van der Waals surface area contributed by atoms with Crippen LogP contribution < -0.4 is 5.32 Å². The minimum absolute atomic E-state index is 0.0139. The van der Waals surface area contributed by atoms with E-state index in [0.717, 1.165) is 25.1 Å². The van der Waals surface area contributed by atoms with Gasteiger partial charge in [-0.05, 0) is 43.0 Å². The van der Waals surface area contributed by atoms with Crippen LogP contribution in [0.15, 0.2) is 24.3 Å². The van der Waals surface area contributed by atoms with Crippen LogP contribution in [0.25, 0.3) is 0 Å². The molecule has 1 amide bonds. The lowest BCUT2D eigenvalue weighted by Gasteiger charge is -2.33. The van der Waals surface area contributed by atoms with Crippen LogP contribution in [0.2, 0.25) is 0 Å². The monoisotopic (exact) mass is 276 g/mol. The first-order valence-corrected chi connectivity index (χ1v) is 7.37. The molecule has 1 aliphatic heterocycles. The molecule has 1 heterocycles. The van der Waals surface area contributed by atoms with Gasteiger partial charge in [0.15, 0.2) is 0 Å². The van der Waals surface area contributed by atoms with E-state index in [4.69, 9.17) is 0 Å². The van der Waals surface area contributed by atoms with Crippen molar-refractivity contribution in [2.45, 2.75) is 32.8 Å². The Balaban J connectivity index is 1.86. The molecule has 0 radical (unpaired) electrons. The zero-order valence-electron chi connectivity index (χ0n) is 12.3. The van der Waals surface area contributed by atoms with Crippen LogP contribution in [0, 0.1) is 5.92 Å². The Morgan fingerprint density at radius 1 is 1.50 bits per heavy atom. The van der Waals surface area contributed by atoms with Crippen molar-refractivity contribution in [2.75, 3.05) is 25.0 Å². The highest BCUT2D eigenvalue weighted by molar-refractivity contribution is 5.92. The third-order valence-corrected chi connectivity index (χ3v) is 3.99. The molecule has 4 heteroatoms. The number of aryl methyl sites for hydroxylation is 1. The average molecular weight is 276 g/mol. The van der Waals surface area contributed by atoms with Gasteiger partial charge in [-0.3, -0.25) is 9.69 Å². The van der Waals surface area contributed by atoms with Gasteiger partial charge in [0.1, 0.15) is 0 Å². The van der Waals surface area contributed by atoms with Gasteiger partial charge in [0.05, 0.1) is 12.6 Å². The largest absolute Gasteiger partial charge is 0.392 e. The zero-order valence-corrected chi connectivity index (χ0v) is 12.3. The number of β-amino-alcohol motifs (C(OH)–C–C–N with tert-alkyl or cyclic N) is 1. The van der Waals surface area contributed by atoms with E-state index in [9.17, 15) is 9.90 Å². The number of amides is 1. The molecule has 2 unspecified atom stereocenters. The Kier molecular flexibility index (Phi) is 5.15. The predicted molar refractivity (Wildman–Crippen MR) is 80.7 cm³/mol. The van der Waals surface area contributed by atoms with Crippen LogP contribution >= 0.6 is 0 Å². The lowest BCUT2D eigenvalue weighted by atomic mass is 9.96. The first kappa shape index (κ1) is 15.0. The number of anilines is 1. The van der Waals surface area contributed by atoms with E-state index < -0.39 is 0 Å². The second kappa shape index (κ2) is 6.86. The lowest BCUT2D eigenvalue weighted by molar-refractivity contribution is -0.118. The second-order valence-corrected chi connectivity index (χ2v) is 5.67. The topological polar surface area (TPSA) is 52.6 Å². The van der Waals surface area contributed by atoms with Gasteiger partial charge < -0.3 is 10.4 Å². The van der Waals surface area contributed by atoms with Crippen LogP contribution in [0.4, 0.5) is 5.69 Å². The van der Waals surface area contributed by atoms with Crippen molar-refractivity contribution in [1.82, 2.24) is 4.90 Å². The SMILES string of the molecule is CCc1cccc(NC(=O)CN2CCC(C)C(O)C2)c1. The van der Waals surface area contributed by atoms with Gasteiger partial charge in [0, 0.05) is 12.2 Å². The summed E-state index contributed by atoms with van der Waals surface area (Å²) in [7, 11) is 0. The molecule has 0 aromatic heterocycles. The molecule has 110 valence electrons. The molecular formula is C16H24N2O2. The standard InChI is InChI=1S/C16H24N2O2/c1-3-13-5-4-6-14(9-13)17-16(20)11-18-8-7-12(2)15(19)10-18/h4-6,9,12,15,19H,3,7-8,10-11H2,1-2H3,(H,17,20). The molecular weight excluding hydrogens is 252 g/mol. The summed E-state index contributed by atoms with van der Waals surface area (Å²) in [6.45, 7) is 5.96. The number of benzene rings is 1. The summed E-state index contributed by atoms with van der Waals surface area (Å²) >= 11 is 0. The molecule has 1 aromatic rings. The maximum atomic E-state index is 12.0. The number of carbonyl (C=O) groups is 1. The summed E-state index contributed by atoms with van der Waals surface area (Å²) in [4.78, 5) is 14.1. The number of hydrogen-bond acceptors (Lipinski definition) is 3. The van der Waals surface area contributed by atoms with Crippen LogP contribution in [0.3, 0.4) is 0 Å². The highest BCUT2D eigenvalue weighted by atomic mass is 16.3. The number of hydrogen-bond donors (Lipinski definition) is 2. The molecule has 0 saturated carbocycles. The molecule has 1 aliphatic rings. The molecule has 0 spiro atoms. The minimum atomic E-state index is -0.319. The number of rotatable bonds is 4. The van der Waals surface area contributed by atoms with Gasteiger partial charge in [-0.2, -0.15) is 0 Å². The van der Waals surface area contributed by atoms with Gasteiger partial charge in [-0.25, -0.2) is 0 Å². The summed E-state index contributed by atoms with van der Waals surface area (Å²) in [5.41, 5.74) is 2.06. The molecule has 4 nitrogen and oxygen atoms in total. The fourth-order valence-electron chi connectivity index (χ4n) is 2.53. The molecule has 20 heavy (non-hydrogen) atoms. The van der Waals surface area contributed by atoms with Crippen molar-refractivity contribution < 1.29 is 9.90 Å². The molecule has 2 N–H and O–H groups in total. The van der Waals surface area contributed by atoms with Crippen molar-refractivity contribution in [3.8, 4) is 0 Å². The van der Waals surface area contributed by atoms with E-state index in [2.05, 4.69) is 25.2 Å². The van der Waals surface area contributed by atoms with Crippen LogP contribution in [-0.4, -0.2) is 41.7 Å². The van der Waals surface area contributed by atoms with E-state index >= 15 is 0 Å². The van der Waals surface area contributed by atoms with Crippen molar-refractivity contribution in [3.05, 3.63) is 29.8 Å². The van der Waals surface area contributed by atoms with Crippen LogP contribution in [0.5, 0.6) is 0 Å². The summed E-state index contributed by atoms with van der Waals surface area (Å²) in [6.07, 6.45) is 1.58. The minimum Gasteiger partial charge on any atom is -0.392 e. The summed E-state index contributed by atoms with van der Waals surface area (Å²) in [5.74, 6) is 0.315. The Labute approximate surface area is 120 Å². The first-order chi connectivity index (χ1) is 9.58. The van der Waals surface area contributed by atoms with Gasteiger partial charge in [-0.1, -0.05) is 26.0 Å². The van der Waals surface area contributed by atoms with Crippen molar-refractivity contribution in [2.24, 2.45) is 5.92 Å². The van der Waals surface area contributed by atoms with E-state index in [1.54, 1.807) is 0 Å². The van der Waals surface area contributed by atoms with Crippen LogP contribution in [0.1, 0.15) is 25.8 Å². The van der Waals surface area contributed by atoms with E-state index in [-0.39, 0.29) is 12.0 Å². The first-order valence-electron chi connectivity index (χ1n) is 7.37. The van der Waals surface area contributed by atoms with Gasteiger partial charge >= 0.3 is 0 Å². The number of carbonyl (C=O) groups excluding carboxylic acids is 1. The Bertz CT molecular complexity index is 462. The third kappa shape index (κ3) is 4.05. The van der Waals surface area contributed by atoms with Crippen molar-refractivity contribution >= 4 is 11.6 Å². The number of piperidine rings is 1. The van der Waals surface area contributed by atoms with Gasteiger partial charge in [0.25, 0.3) is 0 Å². The normalized spacial score (nSPS) is 23.6. The maximum Gasteiger partial charge on any atom is 0.238 e. The fourth-order valence-corrected chi connectivity index (χ4v) is 2.53. The fraction of sp³-hybridized carbons (Fsp3) is 0.562. The Morgan fingerprint density at radius 3 is 3.00 bits per heavy atom. The summed E-state index contributed by atoms with van der Waals surface area (Å²) in [6, 6.07) is 7.92. The molecule has 1 saturated heterocycles. The van der Waals surface area contributed by atoms with E-state index in [1.165, 1.54) is 5.56 Å². The van der Waals surface area contributed by atoms with Gasteiger partial charge in [0.2, 0.25) is 5.91 Å². The maximum absolute atomic E-state index is 12.0. The highest BCUT2D eigenvalue weighted by Crippen LogP contribution is 2.17.